The molecule has 5 heteroatoms. The molecule has 92 valence electrons. The van der Waals surface area contributed by atoms with E-state index in [1.807, 2.05) is 0 Å². The van der Waals surface area contributed by atoms with Gasteiger partial charge in [-0.3, -0.25) is 0 Å². The van der Waals surface area contributed by atoms with Crippen LogP contribution in [0.2, 0.25) is 32.2 Å². The minimum atomic E-state index is -1.88. The summed E-state index contributed by atoms with van der Waals surface area (Å²) in [6.45, 7) is 12.0. The van der Waals surface area contributed by atoms with E-state index in [9.17, 15) is 0 Å². The van der Waals surface area contributed by atoms with Crippen molar-refractivity contribution in [2.75, 3.05) is 20.9 Å². The topological polar surface area (TPSA) is 21.7 Å². The van der Waals surface area contributed by atoms with E-state index in [0.29, 0.717) is 6.73 Å². The Morgan fingerprint density at radius 2 is 1.67 bits per heavy atom. The summed E-state index contributed by atoms with van der Waals surface area (Å²) >= 11 is 0. The van der Waals surface area contributed by atoms with Crippen molar-refractivity contribution in [2.45, 2.75) is 45.6 Å². The van der Waals surface area contributed by atoms with Crippen LogP contribution in [0, 0.1) is 0 Å². The second-order valence-electron chi connectivity index (χ2n) is 5.23. The molecule has 0 heterocycles. The summed E-state index contributed by atoms with van der Waals surface area (Å²) in [5, 5.41) is 0. The van der Waals surface area contributed by atoms with E-state index < -0.39 is 16.8 Å². The highest BCUT2D eigenvalue weighted by atomic mass is 28.4. The summed E-state index contributed by atoms with van der Waals surface area (Å²) in [6, 6.07) is 1.07. The Bertz CT molecular complexity index is 185. The van der Waals surface area contributed by atoms with Crippen molar-refractivity contribution >= 4 is 16.8 Å². The van der Waals surface area contributed by atoms with Gasteiger partial charge in [0.15, 0.2) is 0 Å². The van der Waals surface area contributed by atoms with E-state index in [0.717, 1.165) is 12.5 Å². The maximum Gasteiger partial charge on any atom is 0.335 e. The lowest BCUT2D eigenvalue weighted by atomic mass is 10.6. The molecule has 3 nitrogen and oxygen atoms in total. The van der Waals surface area contributed by atoms with Crippen LogP contribution in [0.3, 0.4) is 0 Å². The van der Waals surface area contributed by atoms with Crippen LogP contribution in [0.25, 0.3) is 0 Å². The quantitative estimate of drug-likeness (QED) is 0.511. The largest absolute Gasteiger partial charge is 0.398 e. The molecule has 0 aromatic heterocycles. The van der Waals surface area contributed by atoms with Crippen molar-refractivity contribution < 1.29 is 8.85 Å². The van der Waals surface area contributed by atoms with Crippen molar-refractivity contribution in [3.8, 4) is 0 Å². The van der Waals surface area contributed by atoms with E-state index in [2.05, 4.69) is 44.7 Å². The van der Waals surface area contributed by atoms with Crippen molar-refractivity contribution in [2.24, 2.45) is 0 Å². The lowest BCUT2D eigenvalue weighted by Crippen LogP contribution is -2.48. The molecule has 0 radical (unpaired) electrons. The molecule has 0 aliphatic carbocycles. The van der Waals surface area contributed by atoms with E-state index in [1.165, 1.54) is 0 Å². The number of nitrogens with zero attached hydrogens (tertiary/aromatic N) is 1. The van der Waals surface area contributed by atoms with Gasteiger partial charge in [0.1, 0.15) is 8.24 Å². The zero-order chi connectivity index (χ0) is 12.1. The SMILES string of the molecule is CCC[Si](C)(OC)OCN(C)[Si](C)(C)C. The summed E-state index contributed by atoms with van der Waals surface area (Å²) < 4.78 is 13.9. The molecular formula is C10H27NO2Si2. The summed E-state index contributed by atoms with van der Waals surface area (Å²) in [6.07, 6.45) is 1.13. The zero-order valence-corrected chi connectivity index (χ0v) is 13.4. The van der Waals surface area contributed by atoms with E-state index in [4.69, 9.17) is 8.85 Å². The highest BCUT2D eigenvalue weighted by Gasteiger charge is 2.31. The Kier molecular flexibility index (Phi) is 6.28. The normalized spacial score (nSPS) is 16.8. The predicted molar refractivity (Wildman–Crippen MR) is 70.8 cm³/mol. The second-order valence-corrected chi connectivity index (χ2v) is 13.8. The van der Waals surface area contributed by atoms with Crippen LogP contribution in [-0.2, 0) is 8.85 Å². The molecule has 0 N–H and O–H groups in total. The van der Waals surface area contributed by atoms with Crippen LogP contribution in [0.15, 0.2) is 0 Å². The third-order valence-corrected chi connectivity index (χ3v) is 8.28. The van der Waals surface area contributed by atoms with Gasteiger partial charge < -0.3 is 13.4 Å². The summed E-state index contributed by atoms with van der Waals surface area (Å²) in [7, 11) is 0.810. The molecule has 0 aromatic rings. The van der Waals surface area contributed by atoms with Gasteiger partial charge in [-0.05, 0) is 19.6 Å². The second kappa shape index (κ2) is 6.15. The first-order chi connectivity index (χ1) is 6.75. The fraction of sp³-hybridized carbons (Fsp3) is 1.00. The molecular weight excluding hydrogens is 222 g/mol. The van der Waals surface area contributed by atoms with Gasteiger partial charge in [0.05, 0.1) is 6.73 Å². The zero-order valence-electron chi connectivity index (χ0n) is 11.4. The fourth-order valence-electron chi connectivity index (χ4n) is 1.11. The van der Waals surface area contributed by atoms with Gasteiger partial charge in [-0.2, -0.15) is 0 Å². The van der Waals surface area contributed by atoms with Crippen LogP contribution >= 0.6 is 0 Å². The molecule has 0 aromatic carbocycles. The van der Waals surface area contributed by atoms with Gasteiger partial charge in [0.2, 0.25) is 0 Å². The van der Waals surface area contributed by atoms with Crippen molar-refractivity contribution in [1.82, 2.24) is 4.57 Å². The third kappa shape index (κ3) is 5.82. The maximum absolute atomic E-state index is 5.98. The molecule has 0 bridgehead atoms. The summed E-state index contributed by atoms with van der Waals surface area (Å²) in [5.41, 5.74) is 0. The molecule has 0 aliphatic rings. The summed E-state index contributed by atoms with van der Waals surface area (Å²) in [5.74, 6) is 0. The number of hydrogen-bond acceptors (Lipinski definition) is 3. The van der Waals surface area contributed by atoms with Gasteiger partial charge >= 0.3 is 8.56 Å². The molecule has 0 saturated carbocycles. The van der Waals surface area contributed by atoms with Gasteiger partial charge in [-0.1, -0.05) is 33.0 Å². The van der Waals surface area contributed by atoms with Crippen LogP contribution in [0.1, 0.15) is 13.3 Å². The summed E-state index contributed by atoms with van der Waals surface area (Å²) in [4.78, 5) is 0. The number of rotatable bonds is 7. The van der Waals surface area contributed by atoms with Gasteiger partial charge in [-0.25, -0.2) is 0 Å². The van der Waals surface area contributed by atoms with Crippen LogP contribution < -0.4 is 0 Å². The van der Waals surface area contributed by atoms with Crippen molar-refractivity contribution in [3.05, 3.63) is 0 Å². The number of hydrogen-bond donors (Lipinski definition) is 0. The molecule has 1 atom stereocenters. The van der Waals surface area contributed by atoms with Crippen LogP contribution in [0.5, 0.6) is 0 Å². The Hall–Kier alpha value is 0.314. The minimum absolute atomic E-state index is 0.715. The molecule has 0 aliphatic heterocycles. The Morgan fingerprint density at radius 1 is 1.13 bits per heavy atom. The Morgan fingerprint density at radius 3 is 2.00 bits per heavy atom. The molecule has 0 rings (SSSR count). The molecule has 0 spiro atoms. The average molecular weight is 250 g/mol. The Balaban J connectivity index is 4.11. The first-order valence-corrected chi connectivity index (χ1v) is 11.6. The Labute approximate surface area is 97.1 Å². The lowest BCUT2D eigenvalue weighted by Gasteiger charge is -2.33. The average Bonchev–Trinajstić information content (AvgIpc) is 2.13. The molecule has 15 heavy (non-hydrogen) atoms. The first-order valence-electron chi connectivity index (χ1n) is 5.65. The van der Waals surface area contributed by atoms with Gasteiger partial charge in [-0.15, -0.1) is 0 Å². The van der Waals surface area contributed by atoms with Crippen molar-refractivity contribution in [3.63, 3.8) is 0 Å². The monoisotopic (exact) mass is 249 g/mol. The first kappa shape index (κ1) is 15.3. The molecule has 0 amide bonds. The van der Waals surface area contributed by atoms with Crippen molar-refractivity contribution in [1.29, 1.82) is 0 Å². The molecule has 0 fully saturated rings. The highest BCUT2D eigenvalue weighted by Crippen LogP contribution is 2.16. The predicted octanol–water partition coefficient (Wildman–Crippen LogP) is 2.86. The minimum Gasteiger partial charge on any atom is -0.398 e. The van der Waals surface area contributed by atoms with E-state index in [1.54, 1.807) is 7.11 Å². The van der Waals surface area contributed by atoms with Gasteiger partial charge in [0, 0.05) is 7.11 Å². The fourth-order valence-corrected chi connectivity index (χ4v) is 3.54. The van der Waals surface area contributed by atoms with Crippen LogP contribution in [-0.4, -0.2) is 42.3 Å². The standard InChI is InChI=1S/C10H27NO2Si2/c1-8-9-15(7,12-3)13-10-11(2)14(4,5)6/h8-10H2,1-7H3. The highest BCUT2D eigenvalue weighted by molar-refractivity contribution is 6.73. The molecule has 1 unspecified atom stereocenters. The smallest absolute Gasteiger partial charge is 0.335 e. The van der Waals surface area contributed by atoms with E-state index >= 15 is 0 Å². The third-order valence-electron chi connectivity index (χ3n) is 2.84. The lowest BCUT2D eigenvalue weighted by molar-refractivity contribution is 0.148. The van der Waals surface area contributed by atoms with Gasteiger partial charge in [0.25, 0.3) is 0 Å². The van der Waals surface area contributed by atoms with Crippen LogP contribution in [0.4, 0.5) is 0 Å². The molecule has 0 saturated heterocycles. The maximum atomic E-state index is 5.98. The van der Waals surface area contributed by atoms with E-state index in [-0.39, 0.29) is 0 Å².